The second-order valence-electron chi connectivity index (χ2n) is 5.37. The number of ether oxygens (including phenoxy) is 1. The fraction of sp³-hybridized carbons (Fsp3) is 0.263. The van der Waals surface area contributed by atoms with Crippen molar-refractivity contribution in [3.05, 3.63) is 71.3 Å². The Morgan fingerprint density at radius 2 is 1.77 bits per heavy atom. The molecule has 2 aromatic carbocycles. The molecule has 0 aliphatic heterocycles. The van der Waals surface area contributed by atoms with Crippen molar-refractivity contribution in [3.63, 3.8) is 0 Å². The summed E-state index contributed by atoms with van der Waals surface area (Å²) in [5, 5.41) is 9.36. The van der Waals surface area contributed by atoms with Crippen molar-refractivity contribution in [3.8, 4) is 6.07 Å². The fourth-order valence-electron chi connectivity index (χ4n) is 2.63. The smallest absolute Gasteiger partial charge is 0.316 e. The molecule has 0 saturated carbocycles. The van der Waals surface area contributed by atoms with Gasteiger partial charge >= 0.3 is 5.97 Å². The maximum atomic E-state index is 12.6. The Kier molecular flexibility index (Phi) is 4.95. The van der Waals surface area contributed by atoms with Crippen molar-refractivity contribution in [1.29, 1.82) is 5.26 Å². The Labute approximate surface area is 131 Å². The third kappa shape index (κ3) is 3.17. The molecule has 0 aliphatic carbocycles. The number of rotatable bonds is 5. The van der Waals surface area contributed by atoms with Gasteiger partial charge in [0.05, 0.1) is 23.7 Å². The molecule has 0 fully saturated rings. The molecule has 112 valence electrons. The highest BCUT2D eigenvalue weighted by molar-refractivity contribution is 5.84. The Morgan fingerprint density at radius 1 is 1.14 bits per heavy atom. The van der Waals surface area contributed by atoms with Crippen LogP contribution in [0, 0.1) is 11.3 Å². The lowest BCUT2D eigenvalue weighted by Gasteiger charge is -2.28. The van der Waals surface area contributed by atoms with Crippen LogP contribution in [0.1, 0.15) is 30.5 Å². The van der Waals surface area contributed by atoms with E-state index in [9.17, 15) is 10.1 Å². The molecule has 0 aliphatic rings. The Hall–Kier alpha value is -2.60. The first-order valence-corrected chi connectivity index (χ1v) is 7.32. The molecule has 3 heteroatoms. The van der Waals surface area contributed by atoms with E-state index in [0.717, 1.165) is 5.56 Å². The molecule has 0 aromatic heterocycles. The minimum absolute atomic E-state index is 0.304. The third-order valence-corrected chi connectivity index (χ3v) is 3.77. The summed E-state index contributed by atoms with van der Waals surface area (Å²) in [4.78, 5) is 12.6. The molecule has 0 spiro atoms. The number of carbonyl (C=O) groups excluding carboxylic acids is 1. The van der Waals surface area contributed by atoms with Crippen LogP contribution in [0.2, 0.25) is 0 Å². The fourth-order valence-corrected chi connectivity index (χ4v) is 2.63. The molecule has 1 atom stereocenters. The van der Waals surface area contributed by atoms with Crippen LogP contribution in [-0.2, 0) is 21.4 Å². The number of nitriles is 1. The molecule has 2 rings (SSSR count). The Balaban J connectivity index is 2.51. The predicted octanol–water partition coefficient (Wildman–Crippen LogP) is 3.62. The number of nitrogens with zero attached hydrogens (tertiary/aromatic N) is 1. The molecule has 0 saturated heterocycles. The second kappa shape index (κ2) is 6.91. The van der Waals surface area contributed by atoms with Crippen molar-refractivity contribution in [2.45, 2.75) is 25.7 Å². The van der Waals surface area contributed by atoms with Crippen LogP contribution in [0.5, 0.6) is 0 Å². The first-order valence-electron chi connectivity index (χ1n) is 7.32. The van der Waals surface area contributed by atoms with Crippen LogP contribution in [-0.4, -0.2) is 12.6 Å². The average Bonchev–Trinajstić information content (AvgIpc) is 2.55. The van der Waals surface area contributed by atoms with E-state index in [1.807, 2.05) is 49.4 Å². The van der Waals surface area contributed by atoms with Gasteiger partial charge in [-0.25, -0.2) is 0 Å². The maximum absolute atomic E-state index is 12.6. The van der Waals surface area contributed by atoms with E-state index in [-0.39, 0.29) is 5.97 Å². The number of esters is 1. The minimum atomic E-state index is -0.885. The van der Waals surface area contributed by atoms with Crippen LogP contribution in [0.15, 0.2) is 54.6 Å². The lowest BCUT2D eigenvalue weighted by atomic mass is 9.75. The van der Waals surface area contributed by atoms with Gasteiger partial charge in [-0.1, -0.05) is 48.5 Å². The molecule has 22 heavy (non-hydrogen) atoms. The van der Waals surface area contributed by atoms with Gasteiger partial charge in [0.15, 0.2) is 0 Å². The Bertz CT molecular complexity index is 688. The highest BCUT2D eigenvalue weighted by Gasteiger charge is 2.38. The van der Waals surface area contributed by atoms with Crippen LogP contribution in [0.3, 0.4) is 0 Å². The standard InChI is InChI=1S/C19H19NO2/c1-3-22-18(21)19(2,13-15-9-5-4-6-10-15)17-12-8-7-11-16(17)14-20/h4-12H,3,13H2,1-2H3. The third-order valence-electron chi connectivity index (χ3n) is 3.77. The van der Waals surface area contributed by atoms with Crippen molar-refractivity contribution in [2.75, 3.05) is 6.61 Å². The van der Waals surface area contributed by atoms with E-state index in [0.29, 0.717) is 24.2 Å². The maximum Gasteiger partial charge on any atom is 0.316 e. The van der Waals surface area contributed by atoms with Gasteiger partial charge in [-0.15, -0.1) is 0 Å². The molecule has 0 bridgehead atoms. The summed E-state index contributed by atoms with van der Waals surface area (Å²) in [5.41, 5.74) is 1.36. The zero-order chi connectivity index (χ0) is 16.0. The zero-order valence-corrected chi connectivity index (χ0v) is 12.9. The highest BCUT2D eigenvalue weighted by atomic mass is 16.5. The van der Waals surface area contributed by atoms with Crippen LogP contribution in [0.25, 0.3) is 0 Å². The van der Waals surface area contributed by atoms with E-state index in [1.54, 1.807) is 19.1 Å². The van der Waals surface area contributed by atoms with E-state index in [4.69, 9.17) is 4.74 Å². The molecule has 3 nitrogen and oxygen atoms in total. The molecule has 0 N–H and O–H groups in total. The summed E-state index contributed by atoms with van der Waals surface area (Å²) in [6.07, 6.45) is 0.491. The number of hydrogen-bond acceptors (Lipinski definition) is 3. The van der Waals surface area contributed by atoms with Crippen molar-refractivity contribution in [2.24, 2.45) is 0 Å². The highest BCUT2D eigenvalue weighted by Crippen LogP contribution is 2.32. The van der Waals surface area contributed by atoms with Gasteiger partial charge < -0.3 is 4.74 Å². The molecule has 0 heterocycles. The van der Waals surface area contributed by atoms with Crippen molar-refractivity contribution < 1.29 is 9.53 Å². The zero-order valence-electron chi connectivity index (χ0n) is 12.9. The van der Waals surface area contributed by atoms with Gasteiger partial charge in [0, 0.05) is 0 Å². The summed E-state index contributed by atoms with van der Waals surface area (Å²) >= 11 is 0. The van der Waals surface area contributed by atoms with E-state index >= 15 is 0 Å². The number of hydrogen-bond donors (Lipinski definition) is 0. The van der Waals surface area contributed by atoms with Gasteiger partial charge in [0.2, 0.25) is 0 Å². The predicted molar refractivity (Wildman–Crippen MR) is 85.3 cm³/mol. The van der Waals surface area contributed by atoms with E-state index in [2.05, 4.69) is 6.07 Å². The number of benzene rings is 2. The van der Waals surface area contributed by atoms with Crippen molar-refractivity contribution in [1.82, 2.24) is 0 Å². The van der Waals surface area contributed by atoms with Gasteiger partial charge in [0.25, 0.3) is 0 Å². The van der Waals surface area contributed by atoms with E-state index < -0.39 is 5.41 Å². The minimum Gasteiger partial charge on any atom is -0.465 e. The molecule has 0 radical (unpaired) electrons. The normalized spacial score (nSPS) is 13.0. The van der Waals surface area contributed by atoms with Gasteiger partial charge in [0.1, 0.15) is 0 Å². The first kappa shape index (κ1) is 15.8. The van der Waals surface area contributed by atoms with Crippen molar-refractivity contribution >= 4 is 5.97 Å². The van der Waals surface area contributed by atoms with Crippen LogP contribution in [0.4, 0.5) is 0 Å². The molecule has 2 aromatic rings. The first-order chi connectivity index (χ1) is 10.6. The Morgan fingerprint density at radius 3 is 2.41 bits per heavy atom. The summed E-state index contributed by atoms with van der Waals surface area (Å²) in [7, 11) is 0. The monoisotopic (exact) mass is 293 g/mol. The largest absolute Gasteiger partial charge is 0.465 e. The van der Waals surface area contributed by atoms with Crippen LogP contribution >= 0.6 is 0 Å². The number of carbonyl (C=O) groups is 1. The summed E-state index contributed by atoms with van der Waals surface area (Å²) in [6.45, 7) is 3.95. The van der Waals surface area contributed by atoms with E-state index in [1.165, 1.54) is 0 Å². The van der Waals surface area contributed by atoms with Gasteiger partial charge in [-0.05, 0) is 37.5 Å². The molecular formula is C19H19NO2. The topological polar surface area (TPSA) is 50.1 Å². The quantitative estimate of drug-likeness (QED) is 0.791. The van der Waals surface area contributed by atoms with Gasteiger partial charge in [-0.3, -0.25) is 4.79 Å². The summed E-state index contributed by atoms with van der Waals surface area (Å²) in [6, 6.07) is 19.2. The summed E-state index contributed by atoms with van der Waals surface area (Å²) < 4.78 is 5.28. The van der Waals surface area contributed by atoms with Gasteiger partial charge in [-0.2, -0.15) is 5.26 Å². The van der Waals surface area contributed by atoms with Crippen LogP contribution < -0.4 is 0 Å². The molecule has 0 amide bonds. The lowest BCUT2D eigenvalue weighted by Crippen LogP contribution is -2.37. The second-order valence-corrected chi connectivity index (χ2v) is 5.37. The molecule has 1 unspecified atom stereocenters. The average molecular weight is 293 g/mol. The lowest BCUT2D eigenvalue weighted by molar-refractivity contribution is -0.149. The SMILES string of the molecule is CCOC(=O)C(C)(Cc1ccccc1)c1ccccc1C#N. The molecular weight excluding hydrogens is 274 g/mol. The summed E-state index contributed by atoms with van der Waals surface area (Å²) in [5.74, 6) is -0.304.